The van der Waals surface area contributed by atoms with E-state index in [-0.39, 0.29) is 0 Å². The normalized spacial score (nSPS) is 10.5. The number of halogens is 1. The van der Waals surface area contributed by atoms with Gasteiger partial charge in [0.15, 0.2) is 5.82 Å². The van der Waals surface area contributed by atoms with Crippen LogP contribution >= 0.6 is 11.6 Å². The molecule has 2 aromatic rings. The molecule has 0 saturated carbocycles. The highest BCUT2D eigenvalue weighted by atomic mass is 35.5. The quantitative estimate of drug-likeness (QED) is 0.626. The molecule has 1 heterocycles. The molecule has 0 atom stereocenters. The Morgan fingerprint density at radius 3 is 3.11 bits per heavy atom. The van der Waals surface area contributed by atoms with Crippen molar-refractivity contribution in [3.8, 4) is 0 Å². The van der Waals surface area contributed by atoms with Crippen molar-refractivity contribution < 1.29 is 5.32 Å². The number of rotatable bonds is 6. The minimum Gasteiger partial charge on any atom is -0.337 e. The van der Waals surface area contributed by atoms with E-state index in [1.54, 1.807) is 0 Å². The summed E-state index contributed by atoms with van der Waals surface area (Å²) in [6, 6.07) is 7.91. The zero-order chi connectivity index (χ0) is 12.8. The van der Waals surface area contributed by atoms with Crippen LogP contribution in [0.4, 0.5) is 0 Å². The third kappa shape index (κ3) is 3.45. The largest absolute Gasteiger partial charge is 0.337 e. The molecule has 0 saturated heterocycles. The summed E-state index contributed by atoms with van der Waals surface area (Å²) >= 11 is 5.99. The van der Waals surface area contributed by atoms with Crippen LogP contribution in [0.3, 0.4) is 0 Å². The van der Waals surface area contributed by atoms with Gasteiger partial charge in [-0.25, -0.2) is 4.98 Å². The first-order valence-electron chi connectivity index (χ1n) is 5.96. The second-order valence-electron chi connectivity index (χ2n) is 4.12. The number of nitrogens with two attached hydrogens (primary N) is 1. The van der Waals surface area contributed by atoms with Gasteiger partial charge >= 0.3 is 0 Å². The van der Waals surface area contributed by atoms with Gasteiger partial charge in [0.1, 0.15) is 6.54 Å². The van der Waals surface area contributed by atoms with Gasteiger partial charge in [0, 0.05) is 24.0 Å². The smallest absolute Gasteiger partial charge is 0.164 e. The van der Waals surface area contributed by atoms with Crippen LogP contribution in [0.1, 0.15) is 11.4 Å². The summed E-state index contributed by atoms with van der Waals surface area (Å²) in [6.45, 7) is 6.28. The summed E-state index contributed by atoms with van der Waals surface area (Å²) < 4.78 is 2.14. The number of imidazole rings is 1. The Morgan fingerprint density at radius 1 is 1.44 bits per heavy atom. The number of aromatic nitrogens is 2. The monoisotopic (exact) mass is 262 g/mol. The minimum atomic E-state index is 0.771. The Balaban J connectivity index is 2.05. The summed E-state index contributed by atoms with van der Waals surface area (Å²) in [5, 5.41) is 2.94. The van der Waals surface area contributed by atoms with Gasteiger partial charge in [-0.2, -0.15) is 0 Å². The van der Waals surface area contributed by atoms with Crippen LogP contribution in [0.5, 0.6) is 0 Å². The summed E-state index contributed by atoms with van der Waals surface area (Å²) in [5.41, 5.74) is 1.19. The highest BCUT2D eigenvalue weighted by molar-refractivity contribution is 6.30. The average Bonchev–Trinajstić information content (AvgIpc) is 2.77. The molecule has 0 aliphatic carbocycles. The summed E-state index contributed by atoms with van der Waals surface area (Å²) in [7, 11) is 0. The molecule has 0 unspecified atom stereocenters. The van der Waals surface area contributed by atoms with Crippen molar-refractivity contribution in [3.63, 3.8) is 0 Å². The molecular formula is C14H17ClN3+. The molecule has 0 fully saturated rings. The van der Waals surface area contributed by atoms with E-state index in [0.717, 1.165) is 30.5 Å². The van der Waals surface area contributed by atoms with Crippen LogP contribution in [0.2, 0.25) is 5.02 Å². The van der Waals surface area contributed by atoms with Crippen LogP contribution < -0.4 is 5.32 Å². The van der Waals surface area contributed by atoms with Crippen molar-refractivity contribution in [3.05, 3.63) is 65.7 Å². The molecule has 1 aromatic carbocycles. The van der Waals surface area contributed by atoms with E-state index in [1.807, 2.05) is 36.7 Å². The average molecular weight is 263 g/mol. The number of benzene rings is 1. The van der Waals surface area contributed by atoms with Crippen molar-refractivity contribution in [1.29, 1.82) is 0 Å². The highest BCUT2D eigenvalue weighted by Gasteiger charge is 2.05. The van der Waals surface area contributed by atoms with E-state index in [1.165, 1.54) is 5.56 Å². The fraction of sp³-hybridized carbons (Fsp3) is 0.214. The Hall–Kier alpha value is -1.58. The Kier molecular flexibility index (Phi) is 4.56. The number of quaternary nitrogens is 1. The van der Waals surface area contributed by atoms with Gasteiger partial charge in [0.2, 0.25) is 0 Å². The van der Waals surface area contributed by atoms with Gasteiger partial charge < -0.3 is 9.88 Å². The van der Waals surface area contributed by atoms with Crippen molar-refractivity contribution in [2.24, 2.45) is 0 Å². The highest BCUT2D eigenvalue weighted by Crippen LogP contribution is 2.12. The second-order valence-corrected chi connectivity index (χ2v) is 4.55. The molecule has 18 heavy (non-hydrogen) atoms. The van der Waals surface area contributed by atoms with Gasteiger partial charge in [-0.3, -0.25) is 0 Å². The zero-order valence-corrected chi connectivity index (χ0v) is 11.0. The summed E-state index contributed by atoms with van der Waals surface area (Å²) in [6.07, 6.45) is 5.73. The topological polar surface area (TPSA) is 34.4 Å². The first kappa shape index (κ1) is 12.9. The second kappa shape index (κ2) is 6.38. The third-order valence-corrected chi connectivity index (χ3v) is 2.94. The Labute approximate surface area is 112 Å². The molecule has 94 valence electrons. The molecule has 3 nitrogen and oxygen atoms in total. The van der Waals surface area contributed by atoms with Crippen molar-refractivity contribution >= 4 is 11.6 Å². The van der Waals surface area contributed by atoms with Crippen molar-refractivity contribution in [2.45, 2.75) is 13.1 Å². The van der Waals surface area contributed by atoms with Crippen LogP contribution in [0.25, 0.3) is 0 Å². The number of hydrogen-bond donors (Lipinski definition) is 1. The van der Waals surface area contributed by atoms with Gasteiger partial charge in [-0.05, 0) is 23.8 Å². The lowest BCUT2D eigenvalue weighted by molar-refractivity contribution is -0.663. The predicted octanol–water partition coefficient (Wildman–Crippen LogP) is 1.83. The molecular weight excluding hydrogens is 246 g/mol. The predicted molar refractivity (Wildman–Crippen MR) is 73.5 cm³/mol. The van der Waals surface area contributed by atoms with Gasteiger partial charge in [0.25, 0.3) is 0 Å². The zero-order valence-electron chi connectivity index (χ0n) is 10.2. The minimum absolute atomic E-state index is 0.771. The van der Waals surface area contributed by atoms with Gasteiger partial charge in [-0.1, -0.05) is 30.3 Å². The molecule has 0 aliphatic rings. The van der Waals surface area contributed by atoms with Crippen LogP contribution in [-0.2, 0) is 13.1 Å². The standard InChI is InChI=1S/C14H16ClN3/c1-2-6-16-10-14-17-7-8-18(14)11-12-4-3-5-13(15)9-12/h2-5,7-9,16H,1,6,10-11H2/p+1. The molecule has 1 aromatic heterocycles. The number of nitrogens with zero attached hydrogens (tertiary/aromatic N) is 2. The molecule has 0 radical (unpaired) electrons. The molecule has 0 bridgehead atoms. The maximum Gasteiger partial charge on any atom is 0.164 e. The maximum absolute atomic E-state index is 5.99. The van der Waals surface area contributed by atoms with E-state index in [2.05, 4.69) is 27.5 Å². The first-order chi connectivity index (χ1) is 8.79. The SMILES string of the molecule is C=CC[NH2+]Cc1nccn1Cc1cccc(Cl)c1. The van der Waals surface area contributed by atoms with Crippen LogP contribution in [0, 0.1) is 0 Å². The fourth-order valence-corrected chi connectivity index (χ4v) is 2.05. The summed E-state index contributed by atoms with van der Waals surface area (Å²) in [5.74, 6) is 1.07. The van der Waals surface area contributed by atoms with E-state index in [9.17, 15) is 0 Å². The maximum atomic E-state index is 5.99. The van der Waals surface area contributed by atoms with E-state index >= 15 is 0 Å². The van der Waals surface area contributed by atoms with Crippen molar-refractivity contribution in [2.75, 3.05) is 6.54 Å². The Bertz CT molecular complexity index is 519. The van der Waals surface area contributed by atoms with Gasteiger partial charge in [0.05, 0.1) is 6.54 Å². The molecule has 2 rings (SSSR count). The molecule has 0 spiro atoms. The molecule has 2 N–H and O–H groups in total. The van der Waals surface area contributed by atoms with Crippen LogP contribution in [-0.4, -0.2) is 16.1 Å². The number of hydrogen-bond acceptors (Lipinski definition) is 1. The first-order valence-corrected chi connectivity index (χ1v) is 6.34. The van der Waals surface area contributed by atoms with E-state index in [0.29, 0.717) is 0 Å². The summed E-state index contributed by atoms with van der Waals surface area (Å²) in [4.78, 5) is 4.37. The molecule has 0 amide bonds. The lowest BCUT2D eigenvalue weighted by Crippen LogP contribution is -2.82. The molecule has 4 heteroatoms. The lowest BCUT2D eigenvalue weighted by atomic mass is 10.2. The Morgan fingerprint density at radius 2 is 2.33 bits per heavy atom. The fourth-order valence-electron chi connectivity index (χ4n) is 1.84. The van der Waals surface area contributed by atoms with E-state index in [4.69, 9.17) is 11.6 Å². The van der Waals surface area contributed by atoms with Crippen molar-refractivity contribution in [1.82, 2.24) is 9.55 Å². The van der Waals surface area contributed by atoms with Gasteiger partial charge in [-0.15, -0.1) is 0 Å². The molecule has 0 aliphatic heterocycles. The third-order valence-electron chi connectivity index (χ3n) is 2.70. The van der Waals surface area contributed by atoms with E-state index < -0.39 is 0 Å². The lowest BCUT2D eigenvalue weighted by Gasteiger charge is -2.07. The van der Waals surface area contributed by atoms with Crippen LogP contribution in [0.15, 0.2) is 49.3 Å².